The highest BCUT2D eigenvalue weighted by Crippen LogP contribution is 2.38. The fourth-order valence-corrected chi connectivity index (χ4v) is 6.51. The average Bonchev–Trinajstić information content (AvgIpc) is 3.00. The van der Waals surface area contributed by atoms with E-state index >= 15 is 0 Å². The minimum absolute atomic E-state index is 0.00640. The first-order valence-corrected chi connectivity index (χ1v) is 16.0. The van der Waals surface area contributed by atoms with Crippen molar-refractivity contribution < 1.29 is 4.79 Å². The predicted molar refractivity (Wildman–Crippen MR) is 182 cm³/mol. The molecule has 236 valence electrons. The van der Waals surface area contributed by atoms with Crippen LogP contribution in [0.15, 0.2) is 54.1 Å². The number of nitrogens with zero attached hydrogens (tertiary/aromatic N) is 7. The van der Waals surface area contributed by atoms with Gasteiger partial charge in [-0.2, -0.15) is 4.98 Å². The van der Waals surface area contributed by atoms with Gasteiger partial charge in [-0.1, -0.05) is 84.0 Å². The van der Waals surface area contributed by atoms with E-state index in [2.05, 4.69) is 41.4 Å². The molecule has 1 amide bonds. The third-order valence-electron chi connectivity index (χ3n) is 8.55. The molecular formula is C35H42ClN7O2. The third-order valence-corrected chi connectivity index (χ3v) is 8.84. The highest BCUT2D eigenvalue weighted by molar-refractivity contribution is 6.34. The summed E-state index contributed by atoms with van der Waals surface area (Å²) in [5.74, 6) is 0.610. The van der Waals surface area contributed by atoms with Gasteiger partial charge >= 0.3 is 5.69 Å². The zero-order chi connectivity index (χ0) is 32.7. The Morgan fingerprint density at radius 2 is 1.60 bits per heavy atom. The molecule has 0 spiro atoms. The number of fused-ring (bicyclic) bond motifs is 1. The molecule has 2 atom stereocenters. The first kappa shape index (κ1) is 32.3. The molecule has 4 aromatic rings. The van der Waals surface area contributed by atoms with Gasteiger partial charge in [-0.3, -0.25) is 4.79 Å². The van der Waals surface area contributed by atoms with E-state index in [0.29, 0.717) is 46.3 Å². The monoisotopic (exact) mass is 627 g/mol. The summed E-state index contributed by atoms with van der Waals surface area (Å²) in [6.07, 6.45) is 2.90. The van der Waals surface area contributed by atoms with Crippen molar-refractivity contribution >= 4 is 34.4 Å². The summed E-state index contributed by atoms with van der Waals surface area (Å²) in [5.41, 5.74) is 4.66. The molecule has 5 rings (SSSR count). The minimum Gasteiger partial charge on any atom is -0.349 e. The minimum atomic E-state index is -0.474. The van der Waals surface area contributed by atoms with Crippen LogP contribution in [0.25, 0.3) is 28.0 Å². The van der Waals surface area contributed by atoms with Crippen LogP contribution >= 0.6 is 11.6 Å². The highest BCUT2D eigenvalue weighted by atomic mass is 35.5. The van der Waals surface area contributed by atoms with Crippen LogP contribution in [0, 0.1) is 0 Å². The van der Waals surface area contributed by atoms with Gasteiger partial charge in [-0.25, -0.2) is 24.3 Å². The molecule has 0 saturated carbocycles. The lowest BCUT2D eigenvalue weighted by Crippen LogP contribution is -2.58. The molecule has 0 unspecified atom stereocenters. The normalized spacial score (nSPS) is 17.2. The second-order valence-electron chi connectivity index (χ2n) is 12.8. The second-order valence-corrected chi connectivity index (χ2v) is 13.2. The summed E-state index contributed by atoms with van der Waals surface area (Å²) in [6.45, 7) is 21.1. The quantitative estimate of drug-likeness (QED) is 0.206. The van der Waals surface area contributed by atoms with Crippen molar-refractivity contribution in [2.24, 2.45) is 0 Å². The van der Waals surface area contributed by atoms with Gasteiger partial charge < -0.3 is 9.80 Å². The van der Waals surface area contributed by atoms with Crippen molar-refractivity contribution in [3.05, 3.63) is 81.8 Å². The number of amides is 1. The summed E-state index contributed by atoms with van der Waals surface area (Å²) >= 11 is 7.09. The number of halogens is 1. The fraction of sp³-hybridized carbons (Fsp3) is 0.429. The van der Waals surface area contributed by atoms with E-state index in [1.807, 2.05) is 65.8 Å². The number of hydrogen-bond acceptors (Lipinski definition) is 7. The lowest BCUT2D eigenvalue weighted by Gasteiger charge is -2.44. The SMILES string of the molecule is C=CC(=O)N1C[C@H](C)N(c2nc(=O)n(-c3c(C(C)C)ncnc3C(C)C)c3nc(-c4ccccc4C(C)C)c(Cl)cc23)C[C@H]1C. The summed E-state index contributed by atoms with van der Waals surface area (Å²) in [5, 5.41) is 1.10. The first-order valence-electron chi connectivity index (χ1n) is 15.6. The Morgan fingerprint density at radius 3 is 2.20 bits per heavy atom. The Morgan fingerprint density at radius 1 is 0.956 bits per heavy atom. The zero-order valence-corrected chi connectivity index (χ0v) is 28.1. The van der Waals surface area contributed by atoms with Gasteiger partial charge in [-0.15, -0.1) is 0 Å². The number of benzene rings is 1. The Balaban J connectivity index is 1.87. The van der Waals surface area contributed by atoms with Crippen LogP contribution in [0.5, 0.6) is 0 Å². The van der Waals surface area contributed by atoms with Crippen LogP contribution < -0.4 is 10.6 Å². The molecule has 1 saturated heterocycles. The van der Waals surface area contributed by atoms with Gasteiger partial charge in [0.2, 0.25) is 5.91 Å². The van der Waals surface area contributed by atoms with E-state index in [9.17, 15) is 9.59 Å². The lowest BCUT2D eigenvalue weighted by atomic mass is 9.95. The second kappa shape index (κ2) is 12.7. The third kappa shape index (κ3) is 5.86. The first-order chi connectivity index (χ1) is 21.3. The van der Waals surface area contributed by atoms with Crippen molar-refractivity contribution in [1.29, 1.82) is 0 Å². The van der Waals surface area contributed by atoms with Gasteiger partial charge in [0.1, 0.15) is 12.1 Å². The predicted octanol–water partition coefficient (Wildman–Crippen LogP) is 6.87. The molecular weight excluding hydrogens is 586 g/mol. The summed E-state index contributed by atoms with van der Waals surface area (Å²) in [6, 6.07) is 9.70. The standard InChI is InChI=1S/C35H42ClN7O2/c1-10-28(44)41-16-23(9)42(17-22(41)8)33-26-15-27(36)31(25-14-12-11-13-24(25)19(2)3)39-34(26)43(35(45)40-33)32-29(20(4)5)37-18-38-30(32)21(6)7/h10-15,18-23H,1,16-17H2,2-9H3/t22-,23+/m1/s1. The topological polar surface area (TPSA) is 97.1 Å². The summed E-state index contributed by atoms with van der Waals surface area (Å²) in [4.78, 5) is 50.1. The Hall–Kier alpha value is -4.11. The largest absolute Gasteiger partial charge is 0.355 e. The molecule has 9 nitrogen and oxygen atoms in total. The number of hydrogen-bond donors (Lipinski definition) is 0. The molecule has 0 aliphatic carbocycles. The van der Waals surface area contributed by atoms with Crippen LogP contribution in [0.3, 0.4) is 0 Å². The molecule has 0 bridgehead atoms. The number of pyridine rings is 1. The van der Waals surface area contributed by atoms with E-state index < -0.39 is 5.69 Å². The number of aromatic nitrogens is 5. The Bertz CT molecular complexity index is 1800. The van der Waals surface area contributed by atoms with E-state index in [-0.39, 0.29) is 35.7 Å². The van der Waals surface area contributed by atoms with E-state index in [4.69, 9.17) is 21.6 Å². The van der Waals surface area contributed by atoms with Crippen LogP contribution in [0.1, 0.15) is 90.1 Å². The molecule has 45 heavy (non-hydrogen) atoms. The molecule has 0 radical (unpaired) electrons. The van der Waals surface area contributed by atoms with Crippen molar-refractivity contribution in [3.8, 4) is 16.9 Å². The molecule has 10 heteroatoms. The fourth-order valence-electron chi connectivity index (χ4n) is 6.26. The molecule has 1 fully saturated rings. The van der Waals surface area contributed by atoms with Gasteiger partial charge in [0.25, 0.3) is 0 Å². The van der Waals surface area contributed by atoms with E-state index in [0.717, 1.165) is 22.5 Å². The zero-order valence-electron chi connectivity index (χ0n) is 27.4. The van der Waals surface area contributed by atoms with Crippen molar-refractivity contribution in [1.82, 2.24) is 29.4 Å². The van der Waals surface area contributed by atoms with Gasteiger partial charge in [0.05, 0.1) is 33.2 Å². The molecule has 1 aromatic carbocycles. The van der Waals surface area contributed by atoms with Gasteiger partial charge in [0.15, 0.2) is 5.65 Å². The Labute approximate surface area is 270 Å². The van der Waals surface area contributed by atoms with Crippen LogP contribution in [0.4, 0.5) is 5.82 Å². The summed E-state index contributed by atoms with van der Waals surface area (Å²) < 4.78 is 1.58. The number of carbonyl (C=O) groups is 1. The maximum Gasteiger partial charge on any atom is 0.355 e. The molecule has 1 aliphatic rings. The van der Waals surface area contributed by atoms with Crippen LogP contribution in [-0.2, 0) is 4.79 Å². The smallest absolute Gasteiger partial charge is 0.349 e. The van der Waals surface area contributed by atoms with Gasteiger partial charge in [0, 0.05) is 30.7 Å². The van der Waals surface area contributed by atoms with Crippen molar-refractivity contribution in [3.63, 3.8) is 0 Å². The number of carbonyl (C=O) groups excluding carboxylic acids is 1. The molecule has 4 heterocycles. The number of anilines is 1. The van der Waals surface area contributed by atoms with E-state index in [1.165, 1.54) is 6.08 Å². The maximum atomic E-state index is 14.4. The highest BCUT2D eigenvalue weighted by Gasteiger charge is 2.34. The number of rotatable bonds is 7. The van der Waals surface area contributed by atoms with Crippen LogP contribution in [-0.4, -0.2) is 60.5 Å². The summed E-state index contributed by atoms with van der Waals surface area (Å²) in [7, 11) is 0. The van der Waals surface area contributed by atoms with Crippen LogP contribution in [0.2, 0.25) is 5.02 Å². The maximum absolute atomic E-state index is 14.4. The van der Waals surface area contributed by atoms with Crippen molar-refractivity contribution in [2.45, 2.75) is 85.2 Å². The average molecular weight is 628 g/mol. The van der Waals surface area contributed by atoms with E-state index in [1.54, 1.807) is 15.8 Å². The lowest BCUT2D eigenvalue weighted by molar-refractivity contribution is -0.128. The molecule has 1 aliphatic heterocycles. The van der Waals surface area contributed by atoms with Crippen molar-refractivity contribution in [2.75, 3.05) is 18.0 Å². The Kier molecular flexibility index (Phi) is 9.12. The van der Waals surface area contributed by atoms with Gasteiger partial charge in [-0.05, 0) is 49.3 Å². The molecule has 0 N–H and O–H groups in total. The number of piperazine rings is 1. The molecule has 3 aromatic heterocycles.